The molecule has 4 nitrogen and oxygen atoms in total. The van der Waals surface area contributed by atoms with Gasteiger partial charge in [0.05, 0.1) is 23.7 Å². The summed E-state index contributed by atoms with van der Waals surface area (Å²) in [4.78, 5) is 13.8. The number of carbonyl (C=O) groups is 1. The summed E-state index contributed by atoms with van der Waals surface area (Å²) < 4.78 is 4.99. The number of carbonyl (C=O) groups excluding carboxylic acids is 1. The first-order chi connectivity index (χ1) is 8.09. The number of allylic oxidation sites excluding steroid dienone is 1. The van der Waals surface area contributed by atoms with E-state index in [2.05, 4.69) is 11.9 Å². The summed E-state index contributed by atoms with van der Waals surface area (Å²) in [5.41, 5.74) is 1.56. The van der Waals surface area contributed by atoms with Gasteiger partial charge in [-0.15, -0.1) is 0 Å². The zero-order chi connectivity index (χ0) is 12.4. The monoisotopic (exact) mass is 248 g/mol. The van der Waals surface area contributed by atoms with Gasteiger partial charge in [-0.25, -0.2) is 9.69 Å². The van der Waals surface area contributed by atoms with Crippen LogP contribution in [-0.2, 0) is 4.74 Å². The molecule has 0 radical (unpaired) electrons. The van der Waals surface area contributed by atoms with Crippen molar-refractivity contribution in [2.75, 3.05) is 16.8 Å². The van der Waals surface area contributed by atoms with Crippen LogP contribution in [0.4, 0.5) is 16.2 Å². The van der Waals surface area contributed by atoms with E-state index >= 15 is 0 Å². The van der Waals surface area contributed by atoms with Crippen LogP contribution in [0, 0.1) is 0 Å². The largest absolute Gasteiger partial charge is 0.424 e. The third kappa shape index (κ3) is 2.29. The average molecular weight is 248 g/mol. The minimum Gasteiger partial charge on any atom is -0.415 e. The molecule has 0 saturated heterocycles. The number of thiocarbonyl (C=S) groups is 1. The summed E-state index contributed by atoms with van der Waals surface area (Å²) in [6.45, 7) is 5.60. The fourth-order valence-electron chi connectivity index (χ4n) is 1.60. The molecule has 88 valence electrons. The lowest BCUT2D eigenvalue weighted by molar-refractivity contribution is 0.188. The zero-order valence-electron chi connectivity index (χ0n) is 9.40. The second kappa shape index (κ2) is 4.55. The van der Waals surface area contributed by atoms with Gasteiger partial charge in [0.1, 0.15) is 4.99 Å². The Morgan fingerprint density at radius 1 is 1.53 bits per heavy atom. The topological polar surface area (TPSA) is 41.6 Å². The Balaban J connectivity index is 2.36. The number of para-hydroxylation sites is 2. The molecular formula is C12H12N2O2S. The Labute approximate surface area is 105 Å². The number of rotatable bonds is 1. The predicted octanol–water partition coefficient (Wildman–Crippen LogP) is 2.92. The van der Waals surface area contributed by atoms with Gasteiger partial charge in [0.25, 0.3) is 0 Å². The molecule has 0 saturated carbocycles. The fourth-order valence-corrected chi connectivity index (χ4v) is 1.84. The number of hydrogen-bond acceptors (Lipinski definition) is 4. The predicted molar refractivity (Wildman–Crippen MR) is 71.3 cm³/mol. The van der Waals surface area contributed by atoms with Crippen LogP contribution < -0.4 is 10.2 Å². The number of benzene rings is 1. The van der Waals surface area contributed by atoms with E-state index < -0.39 is 6.09 Å². The van der Waals surface area contributed by atoms with Crippen molar-refractivity contribution in [1.82, 2.24) is 0 Å². The minimum atomic E-state index is -0.517. The highest BCUT2D eigenvalue weighted by Gasteiger charge is 2.27. The molecule has 2 rings (SSSR count). The quantitative estimate of drug-likeness (QED) is 0.613. The van der Waals surface area contributed by atoms with Crippen molar-refractivity contribution >= 4 is 34.7 Å². The lowest BCUT2D eigenvalue weighted by Crippen LogP contribution is -2.43. The Bertz CT molecular complexity index is 499. The van der Waals surface area contributed by atoms with Gasteiger partial charge in [0, 0.05) is 0 Å². The van der Waals surface area contributed by atoms with E-state index in [9.17, 15) is 4.79 Å². The molecule has 1 amide bonds. The maximum atomic E-state index is 11.9. The summed E-state index contributed by atoms with van der Waals surface area (Å²) in [6, 6.07) is 7.43. The van der Waals surface area contributed by atoms with Gasteiger partial charge < -0.3 is 10.1 Å². The molecule has 5 heteroatoms. The van der Waals surface area contributed by atoms with Crippen LogP contribution >= 0.6 is 12.2 Å². The number of anilines is 2. The summed E-state index contributed by atoms with van der Waals surface area (Å²) in [5.74, 6) is 0.341. The minimum absolute atomic E-state index is 0.341. The maximum Gasteiger partial charge on any atom is 0.424 e. The molecule has 0 atom stereocenters. The molecule has 0 unspecified atom stereocenters. The average Bonchev–Trinajstić information content (AvgIpc) is 2.27. The van der Waals surface area contributed by atoms with E-state index in [-0.39, 0.29) is 0 Å². The first kappa shape index (κ1) is 11.6. The van der Waals surface area contributed by atoms with Gasteiger partial charge in [-0.1, -0.05) is 30.9 Å². The van der Waals surface area contributed by atoms with E-state index in [0.717, 1.165) is 5.69 Å². The fraction of sp³-hybridized carbons (Fsp3) is 0.167. The lowest BCUT2D eigenvalue weighted by atomic mass is 10.2. The molecule has 0 spiro atoms. The third-order valence-electron chi connectivity index (χ3n) is 2.27. The highest BCUT2D eigenvalue weighted by atomic mass is 32.1. The Hall–Kier alpha value is -1.88. The van der Waals surface area contributed by atoms with Gasteiger partial charge >= 0.3 is 6.09 Å². The van der Waals surface area contributed by atoms with Gasteiger partial charge in [-0.2, -0.15) is 0 Å². The number of amides is 1. The van der Waals surface area contributed by atoms with Crippen LogP contribution in [0.1, 0.15) is 6.92 Å². The van der Waals surface area contributed by atoms with E-state index in [4.69, 9.17) is 17.0 Å². The van der Waals surface area contributed by atoms with Crippen LogP contribution in [0.3, 0.4) is 0 Å². The van der Waals surface area contributed by atoms with Crippen LogP contribution in [0.5, 0.6) is 0 Å². The van der Waals surface area contributed by atoms with Crippen LogP contribution in [0.15, 0.2) is 36.6 Å². The van der Waals surface area contributed by atoms with Crippen LogP contribution in [0.2, 0.25) is 0 Å². The van der Waals surface area contributed by atoms with Crippen molar-refractivity contribution in [3.63, 3.8) is 0 Å². The number of hydrogen-bond donors (Lipinski definition) is 1. The SMILES string of the molecule is C=C(C)OC(=O)N1C(=S)CNc2ccccc21. The maximum absolute atomic E-state index is 11.9. The Morgan fingerprint density at radius 3 is 2.94 bits per heavy atom. The number of nitrogens with one attached hydrogen (secondary N) is 1. The molecule has 1 heterocycles. The first-order valence-electron chi connectivity index (χ1n) is 5.13. The van der Waals surface area contributed by atoms with Gasteiger partial charge in [0.15, 0.2) is 0 Å². The molecule has 1 aliphatic heterocycles. The van der Waals surface area contributed by atoms with E-state index in [1.54, 1.807) is 6.92 Å². The Kier molecular flexibility index (Phi) is 3.10. The van der Waals surface area contributed by atoms with Crippen molar-refractivity contribution in [1.29, 1.82) is 0 Å². The summed E-state index contributed by atoms with van der Waals surface area (Å²) in [7, 11) is 0. The van der Waals surface area contributed by atoms with Crippen molar-refractivity contribution in [2.24, 2.45) is 0 Å². The number of ether oxygens (including phenoxy) is 1. The van der Waals surface area contributed by atoms with Crippen LogP contribution in [0.25, 0.3) is 0 Å². The van der Waals surface area contributed by atoms with Crippen molar-refractivity contribution in [3.05, 3.63) is 36.6 Å². The summed E-state index contributed by atoms with van der Waals surface area (Å²) in [5, 5.41) is 3.14. The molecule has 0 aromatic heterocycles. The van der Waals surface area contributed by atoms with Crippen LogP contribution in [-0.4, -0.2) is 17.6 Å². The molecule has 0 bridgehead atoms. The van der Waals surface area contributed by atoms with Gasteiger partial charge in [-0.05, 0) is 19.1 Å². The second-order valence-electron chi connectivity index (χ2n) is 3.67. The van der Waals surface area contributed by atoms with Crippen molar-refractivity contribution in [2.45, 2.75) is 6.92 Å². The lowest BCUT2D eigenvalue weighted by Gasteiger charge is -2.29. The highest BCUT2D eigenvalue weighted by Crippen LogP contribution is 2.30. The van der Waals surface area contributed by atoms with Gasteiger partial charge in [0.2, 0.25) is 0 Å². The molecule has 1 aromatic carbocycles. The van der Waals surface area contributed by atoms with Crippen molar-refractivity contribution < 1.29 is 9.53 Å². The molecule has 0 fully saturated rings. The molecule has 17 heavy (non-hydrogen) atoms. The van der Waals surface area contributed by atoms with E-state index in [0.29, 0.717) is 23.0 Å². The standard InChI is InChI=1S/C12H12N2O2S/c1-8(2)16-12(15)14-10-6-4-3-5-9(10)13-7-11(14)17/h3-6,13H,1,7H2,2H3. The Morgan fingerprint density at radius 2 is 2.24 bits per heavy atom. The van der Waals surface area contributed by atoms with E-state index in [1.807, 2.05) is 24.3 Å². The van der Waals surface area contributed by atoms with Gasteiger partial charge in [-0.3, -0.25) is 0 Å². The number of nitrogens with zero attached hydrogens (tertiary/aromatic N) is 1. The van der Waals surface area contributed by atoms with E-state index in [1.165, 1.54) is 4.90 Å². The zero-order valence-corrected chi connectivity index (χ0v) is 10.2. The first-order valence-corrected chi connectivity index (χ1v) is 5.53. The highest BCUT2D eigenvalue weighted by molar-refractivity contribution is 7.80. The third-order valence-corrected chi connectivity index (χ3v) is 2.60. The molecule has 1 aromatic rings. The van der Waals surface area contributed by atoms with Crippen molar-refractivity contribution in [3.8, 4) is 0 Å². The molecule has 1 aliphatic rings. The summed E-state index contributed by atoms with van der Waals surface area (Å²) >= 11 is 5.17. The molecular weight excluding hydrogens is 236 g/mol. The summed E-state index contributed by atoms with van der Waals surface area (Å²) in [6.07, 6.45) is -0.517. The smallest absolute Gasteiger partial charge is 0.415 e. The molecule has 0 aliphatic carbocycles. The number of fused-ring (bicyclic) bond motifs is 1. The molecule has 1 N–H and O–H groups in total. The second-order valence-corrected chi connectivity index (χ2v) is 4.14. The normalized spacial score (nSPS) is 13.7.